The zero-order chi connectivity index (χ0) is 23.4. The van der Waals surface area contributed by atoms with Gasteiger partial charge in [0.2, 0.25) is 5.55 Å². The van der Waals surface area contributed by atoms with E-state index < -0.39 is 5.91 Å². The van der Waals surface area contributed by atoms with Crippen LogP contribution in [0.1, 0.15) is 21.6 Å². The molecule has 0 unspecified atom stereocenters. The number of benzene rings is 2. The lowest BCUT2D eigenvalue weighted by Gasteiger charge is -2.11. The number of carbonyl (C=O) groups is 1. The van der Waals surface area contributed by atoms with Crippen LogP contribution in [0.3, 0.4) is 0 Å². The summed E-state index contributed by atoms with van der Waals surface area (Å²) in [5, 5.41) is 13.2. The van der Waals surface area contributed by atoms with Crippen LogP contribution < -0.4 is 20.3 Å². The molecule has 33 heavy (non-hydrogen) atoms. The van der Waals surface area contributed by atoms with E-state index in [1.54, 1.807) is 56.6 Å². The molecule has 0 aliphatic rings. The number of rotatable bonds is 6. The topological polar surface area (TPSA) is 106 Å². The van der Waals surface area contributed by atoms with E-state index in [1.165, 1.54) is 7.11 Å². The molecule has 4 aromatic rings. The molecule has 0 saturated heterocycles. The number of aliphatic hydroxyl groups excluding tert-OH is 1. The number of nitrogens with zero attached hydrogens (tertiary/aromatic N) is 2. The smallest absolute Gasteiger partial charge is 0.261 e. The van der Waals surface area contributed by atoms with E-state index in [2.05, 4.69) is 15.3 Å². The van der Waals surface area contributed by atoms with Crippen LogP contribution in [0.4, 0.5) is 11.4 Å². The zero-order valence-electron chi connectivity index (χ0n) is 18.5. The van der Waals surface area contributed by atoms with Gasteiger partial charge in [0.05, 0.1) is 26.5 Å². The molecule has 1 amide bonds. The number of carbonyl (C=O) groups excluding carboxylic acids is 1. The van der Waals surface area contributed by atoms with Gasteiger partial charge >= 0.3 is 0 Å². The Hall–Kier alpha value is -4.17. The number of aliphatic hydroxyl groups is 1. The zero-order valence-corrected chi connectivity index (χ0v) is 18.5. The average molecular weight is 445 g/mol. The van der Waals surface area contributed by atoms with Gasteiger partial charge in [0.15, 0.2) is 5.58 Å². The average Bonchev–Trinajstić information content (AvgIpc) is 2.84. The molecule has 2 heterocycles. The van der Waals surface area contributed by atoms with E-state index in [9.17, 15) is 9.90 Å². The first-order chi connectivity index (χ1) is 16.0. The summed E-state index contributed by atoms with van der Waals surface area (Å²) in [5.74, 6) is 0.649. The van der Waals surface area contributed by atoms with E-state index in [1.807, 2.05) is 18.2 Å². The van der Waals surface area contributed by atoms with Gasteiger partial charge in [-0.1, -0.05) is 18.2 Å². The minimum Gasteiger partial charge on any atom is -0.497 e. The van der Waals surface area contributed by atoms with Crippen LogP contribution in [0, 0.1) is 6.92 Å². The monoisotopic (exact) mass is 445 g/mol. The number of hydrogen-bond donors (Lipinski definition) is 2. The molecule has 0 atom stereocenters. The summed E-state index contributed by atoms with van der Waals surface area (Å²) in [6.07, 6.45) is 1.56. The molecular formula is C25H23N3O5. The molecule has 0 bridgehead atoms. The number of ether oxygens (including phenoxy) is 2. The summed E-state index contributed by atoms with van der Waals surface area (Å²) >= 11 is 0. The van der Waals surface area contributed by atoms with Gasteiger partial charge in [-0.2, -0.15) is 0 Å². The summed E-state index contributed by atoms with van der Waals surface area (Å²) in [4.78, 5) is 22.2. The molecule has 8 heteroatoms. The number of pyridine rings is 1. The quantitative estimate of drug-likeness (QED) is 0.462. The molecule has 0 spiro atoms. The van der Waals surface area contributed by atoms with Crippen LogP contribution in [0.25, 0.3) is 11.0 Å². The SMILES string of the molecule is COc1ccc(OC)c(N=c2oc3c(C)ncc(CO)c3cc2C(=O)Nc2ccccc2)c1. The van der Waals surface area contributed by atoms with Crippen molar-refractivity contribution in [2.24, 2.45) is 4.99 Å². The predicted molar refractivity (Wildman–Crippen MR) is 124 cm³/mol. The Morgan fingerprint density at radius 3 is 2.61 bits per heavy atom. The molecule has 0 saturated carbocycles. The third kappa shape index (κ3) is 4.56. The van der Waals surface area contributed by atoms with Gasteiger partial charge in [-0.3, -0.25) is 9.78 Å². The van der Waals surface area contributed by atoms with Gasteiger partial charge in [0.25, 0.3) is 5.91 Å². The highest BCUT2D eigenvalue weighted by Gasteiger charge is 2.17. The van der Waals surface area contributed by atoms with E-state index in [4.69, 9.17) is 13.9 Å². The van der Waals surface area contributed by atoms with Crippen LogP contribution >= 0.6 is 0 Å². The Kier molecular flexibility index (Phi) is 6.37. The van der Waals surface area contributed by atoms with Crippen molar-refractivity contribution in [1.29, 1.82) is 0 Å². The Balaban J connectivity index is 1.97. The largest absolute Gasteiger partial charge is 0.497 e. The molecule has 0 radical (unpaired) electrons. The fourth-order valence-corrected chi connectivity index (χ4v) is 3.37. The van der Waals surface area contributed by atoms with E-state index in [0.717, 1.165) is 0 Å². The van der Waals surface area contributed by atoms with Crippen molar-refractivity contribution in [1.82, 2.24) is 4.98 Å². The van der Waals surface area contributed by atoms with Crippen molar-refractivity contribution in [3.63, 3.8) is 0 Å². The molecule has 0 fully saturated rings. The molecule has 2 aromatic carbocycles. The lowest BCUT2D eigenvalue weighted by atomic mass is 10.1. The number of aryl methyl sites for hydroxylation is 1. The number of aromatic nitrogens is 1. The summed E-state index contributed by atoms with van der Waals surface area (Å²) in [6, 6.07) is 15.9. The van der Waals surface area contributed by atoms with Gasteiger partial charge in [-0.25, -0.2) is 4.99 Å². The van der Waals surface area contributed by atoms with E-state index in [0.29, 0.717) is 45.1 Å². The van der Waals surface area contributed by atoms with Crippen LogP contribution in [0.5, 0.6) is 11.5 Å². The Labute approximate surface area is 190 Å². The first-order valence-electron chi connectivity index (χ1n) is 10.2. The van der Waals surface area contributed by atoms with Crippen LogP contribution in [0.2, 0.25) is 0 Å². The van der Waals surface area contributed by atoms with Crippen molar-refractivity contribution >= 4 is 28.3 Å². The highest BCUT2D eigenvalue weighted by Crippen LogP contribution is 2.31. The van der Waals surface area contributed by atoms with E-state index >= 15 is 0 Å². The second-order valence-electron chi connectivity index (χ2n) is 7.20. The standard InChI is InChI=1S/C25H23N3O5/c1-15-23-19(16(14-29)13-26-15)12-20(24(30)27-17-7-5-4-6-8-17)25(33-23)28-21-11-18(31-2)9-10-22(21)32-3/h4-13,29H,14H2,1-3H3,(H,27,30). The Bertz CT molecular complexity index is 1380. The summed E-state index contributed by atoms with van der Waals surface area (Å²) in [7, 11) is 3.08. The third-order valence-electron chi connectivity index (χ3n) is 5.11. The Morgan fingerprint density at radius 1 is 1.12 bits per heavy atom. The van der Waals surface area contributed by atoms with Gasteiger partial charge in [-0.05, 0) is 37.3 Å². The van der Waals surface area contributed by atoms with Gasteiger partial charge < -0.3 is 24.3 Å². The highest BCUT2D eigenvalue weighted by atomic mass is 16.5. The summed E-state index contributed by atoms with van der Waals surface area (Å²) in [6.45, 7) is 1.53. The van der Waals surface area contributed by atoms with E-state index in [-0.39, 0.29) is 17.7 Å². The van der Waals surface area contributed by atoms with Crippen molar-refractivity contribution in [2.75, 3.05) is 19.5 Å². The number of anilines is 1. The lowest BCUT2D eigenvalue weighted by molar-refractivity contribution is 0.102. The molecule has 0 aliphatic heterocycles. The van der Waals surface area contributed by atoms with Crippen LogP contribution in [0.15, 0.2) is 70.2 Å². The van der Waals surface area contributed by atoms with Gasteiger partial charge in [-0.15, -0.1) is 0 Å². The van der Waals surface area contributed by atoms with Gasteiger partial charge in [0, 0.05) is 28.9 Å². The summed E-state index contributed by atoms with van der Waals surface area (Å²) < 4.78 is 16.8. The fraction of sp³-hybridized carbons (Fsp3) is 0.160. The number of methoxy groups -OCH3 is 2. The predicted octanol–water partition coefficient (Wildman–Crippen LogP) is 4.13. The van der Waals surface area contributed by atoms with Crippen molar-refractivity contribution in [2.45, 2.75) is 13.5 Å². The number of nitrogens with one attached hydrogen (secondary N) is 1. The molecular weight excluding hydrogens is 422 g/mol. The Morgan fingerprint density at radius 2 is 1.91 bits per heavy atom. The first-order valence-corrected chi connectivity index (χ1v) is 10.2. The minimum absolute atomic E-state index is 0.0717. The summed E-state index contributed by atoms with van der Waals surface area (Å²) in [5.41, 5.74) is 2.89. The second-order valence-corrected chi connectivity index (χ2v) is 7.20. The molecule has 8 nitrogen and oxygen atoms in total. The van der Waals surface area contributed by atoms with Crippen LogP contribution in [-0.2, 0) is 6.61 Å². The van der Waals surface area contributed by atoms with Gasteiger partial charge in [0.1, 0.15) is 22.7 Å². The van der Waals surface area contributed by atoms with Crippen molar-refractivity contribution in [3.8, 4) is 11.5 Å². The minimum atomic E-state index is -0.411. The maximum atomic E-state index is 13.3. The number of hydrogen-bond acceptors (Lipinski definition) is 7. The van der Waals surface area contributed by atoms with Crippen molar-refractivity contribution < 1.29 is 23.8 Å². The number of para-hydroxylation sites is 1. The number of fused-ring (bicyclic) bond motifs is 1. The maximum absolute atomic E-state index is 13.3. The molecule has 4 rings (SSSR count). The number of amides is 1. The van der Waals surface area contributed by atoms with Crippen molar-refractivity contribution in [3.05, 3.63) is 83.2 Å². The van der Waals surface area contributed by atoms with Crippen LogP contribution in [-0.4, -0.2) is 30.2 Å². The molecule has 0 aliphatic carbocycles. The lowest BCUT2D eigenvalue weighted by Crippen LogP contribution is -2.22. The normalized spacial score (nSPS) is 11.5. The highest BCUT2D eigenvalue weighted by molar-refractivity contribution is 6.05. The molecule has 168 valence electrons. The first kappa shape index (κ1) is 22.0. The maximum Gasteiger partial charge on any atom is 0.261 e. The second kappa shape index (κ2) is 9.54. The fourth-order valence-electron chi connectivity index (χ4n) is 3.37. The molecule has 2 N–H and O–H groups in total. The third-order valence-corrected chi connectivity index (χ3v) is 5.11. The molecule has 2 aromatic heterocycles.